The van der Waals surface area contributed by atoms with Gasteiger partial charge in [0.1, 0.15) is 0 Å². The Balaban J connectivity index is 3.10. The predicted molar refractivity (Wildman–Crippen MR) is 49.9 cm³/mol. The normalized spacial score (nSPS) is 40.0. The Labute approximate surface area is 82.9 Å². The predicted octanol–water partition coefficient (Wildman–Crippen LogP) is 1.60. The van der Waals surface area contributed by atoms with Gasteiger partial charge in [-0.2, -0.15) is 0 Å². The standard InChI is InChI=1S/C10H16O4/c1-8(2)9(3,6(11)12)5-10(8,4)7(13)14/h5H2,1-4H3,(H,11,12)(H,13,14). The molecular formula is C10H16O4. The van der Waals surface area contributed by atoms with Crippen molar-refractivity contribution in [1.82, 2.24) is 0 Å². The van der Waals surface area contributed by atoms with E-state index in [1.165, 1.54) is 0 Å². The van der Waals surface area contributed by atoms with Crippen LogP contribution in [0.25, 0.3) is 0 Å². The number of hydrogen-bond acceptors (Lipinski definition) is 2. The Kier molecular flexibility index (Phi) is 1.96. The smallest absolute Gasteiger partial charge is 0.309 e. The van der Waals surface area contributed by atoms with E-state index in [1.54, 1.807) is 27.7 Å². The fourth-order valence-electron chi connectivity index (χ4n) is 2.34. The van der Waals surface area contributed by atoms with Crippen LogP contribution in [0.5, 0.6) is 0 Å². The first-order valence-electron chi connectivity index (χ1n) is 4.56. The molecule has 0 heterocycles. The summed E-state index contributed by atoms with van der Waals surface area (Å²) in [5.74, 6) is -1.83. The first-order chi connectivity index (χ1) is 6.09. The van der Waals surface area contributed by atoms with Crippen LogP contribution in [0.1, 0.15) is 34.1 Å². The van der Waals surface area contributed by atoms with Gasteiger partial charge in [-0.3, -0.25) is 9.59 Å². The number of hydrogen-bond donors (Lipinski definition) is 2. The molecule has 0 aromatic heterocycles. The van der Waals surface area contributed by atoms with E-state index in [9.17, 15) is 9.59 Å². The Bertz CT molecular complexity index is 279. The highest BCUT2D eigenvalue weighted by molar-refractivity contribution is 5.85. The molecule has 2 unspecified atom stereocenters. The lowest BCUT2D eigenvalue weighted by Gasteiger charge is -2.62. The molecule has 0 aromatic rings. The zero-order valence-corrected chi connectivity index (χ0v) is 8.92. The summed E-state index contributed by atoms with van der Waals surface area (Å²) in [4.78, 5) is 22.1. The third-order valence-corrected chi connectivity index (χ3v) is 4.41. The van der Waals surface area contributed by atoms with Crippen molar-refractivity contribution in [2.45, 2.75) is 34.1 Å². The van der Waals surface area contributed by atoms with Crippen LogP contribution < -0.4 is 0 Å². The molecule has 0 amide bonds. The Hall–Kier alpha value is -1.06. The summed E-state index contributed by atoms with van der Waals surface area (Å²) in [5, 5.41) is 18.1. The first kappa shape index (κ1) is 11.0. The van der Waals surface area contributed by atoms with E-state index in [0.717, 1.165) is 0 Å². The molecule has 1 aliphatic rings. The van der Waals surface area contributed by atoms with Crippen molar-refractivity contribution in [1.29, 1.82) is 0 Å². The van der Waals surface area contributed by atoms with Crippen LogP contribution in [-0.2, 0) is 9.59 Å². The molecule has 0 aliphatic heterocycles. The molecule has 1 fully saturated rings. The Morgan fingerprint density at radius 2 is 1.21 bits per heavy atom. The van der Waals surface area contributed by atoms with E-state index in [4.69, 9.17) is 10.2 Å². The number of carboxylic acids is 2. The van der Waals surface area contributed by atoms with Gasteiger partial charge in [-0.25, -0.2) is 0 Å². The second-order valence-electron chi connectivity index (χ2n) is 5.08. The molecule has 0 bridgehead atoms. The highest BCUT2D eigenvalue weighted by atomic mass is 16.4. The molecule has 0 saturated heterocycles. The molecule has 4 nitrogen and oxygen atoms in total. The van der Waals surface area contributed by atoms with Crippen molar-refractivity contribution >= 4 is 11.9 Å². The second kappa shape index (κ2) is 2.49. The highest BCUT2D eigenvalue weighted by Gasteiger charge is 2.71. The zero-order valence-electron chi connectivity index (χ0n) is 8.92. The maximum Gasteiger partial charge on any atom is 0.309 e. The van der Waals surface area contributed by atoms with Crippen molar-refractivity contribution in [3.63, 3.8) is 0 Å². The largest absolute Gasteiger partial charge is 0.481 e. The maximum atomic E-state index is 11.0. The highest BCUT2D eigenvalue weighted by Crippen LogP contribution is 2.67. The van der Waals surface area contributed by atoms with Gasteiger partial charge in [0, 0.05) is 0 Å². The van der Waals surface area contributed by atoms with E-state index in [1.807, 2.05) is 0 Å². The Morgan fingerprint density at radius 3 is 1.36 bits per heavy atom. The zero-order chi connectivity index (χ0) is 11.4. The number of rotatable bonds is 2. The van der Waals surface area contributed by atoms with Crippen LogP contribution in [0.2, 0.25) is 0 Å². The van der Waals surface area contributed by atoms with Gasteiger partial charge in [0.25, 0.3) is 0 Å². The molecule has 80 valence electrons. The van der Waals surface area contributed by atoms with Gasteiger partial charge in [0.2, 0.25) is 0 Å². The average molecular weight is 200 g/mol. The topological polar surface area (TPSA) is 74.6 Å². The van der Waals surface area contributed by atoms with E-state index in [-0.39, 0.29) is 6.42 Å². The summed E-state index contributed by atoms with van der Waals surface area (Å²) in [5.41, 5.74) is -2.59. The minimum Gasteiger partial charge on any atom is -0.481 e. The van der Waals surface area contributed by atoms with Gasteiger partial charge in [-0.05, 0) is 25.7 Å². The summed E-state index contributed by atoms with van der Waals surface area (Å²) in [6.45, 7) is 6.64. The van der Waals surface area contributed by atoms with E-state index in [2.05, 4.69) is 0 Å². The minimum absolute atomic E-state index is 0.192. The van der Waals surface area contributed by atoms with Crippen molar-refractivity contribution < 1.29 is 19.8 Å². The molecule has 0 aromatic carbocycles. The van der Waals surface area contributed by atoms with Crippen molar-refractivity contribution in [2.24, 2.45) is 16.2 Å². The Morgan fingerprint density at radius 1 is 0.929 bits per heavy atom. The second-order valence-corrected chi connectivity index (χ2v) is 5.08. The summed E-state index contributed by atoms with van der Waals surface area (Å²) < 4.78 is 0. The van der Waals surface area contributed by atoms with Gasteiger partial charge < -0.3 is 10.2 Å². The third-order valence-electron chi connectivity index (χ3n) is 4.41. The molecule has 4 heteroatoms. The van der Waals surface area contributed by atoms with Gasteiger partial charge >= 0.3 is 11.9 Å². The lowest BCUT2D eigenvalue weighted by atomic mass is 9.38. The molecule has 0 radical (unpaired) electrons. The molecule has 0 spiro atoms. The van der Waals surface area contributed by atoms with Crippen LogP contribution in [0.4, 0.5) is 0 Å². The van der Waals surface area contributed by atoms with Gasteiger partial charge in [-0.1, -0.05) is 13.8 Å². The first-order valence-corrected chi connectivity index (χ1v) is 4.56. The lowest BCUT2D eigenvalue weighted by Crippen LogP contribution is -2.66. The SMILES string of the molecule is CC1(C(=O)O)CC(C)(C(=O)O)C1(C)C. The van der Waals surface area contributed by atoms with Crippen LogP contribution in [0, 0.1) is 16.2 Å². The fourth-order valence-corrected chi connectivity index (χ4v) is 2.34. The maximum absolute atomic E-state index is 11.0. The van der Waals surface area contributed by atoms with Gasteiger partial charge in [-0.15, -0.1) is 0 Å². The van der Waals surface area contributed by atoms with Crippen LogP contribution in [0.15, 0.2) is 0 Å². The molecule has 14 heavy (non-hydrogen) atoms. The quantitative estimate of drug-likeness (QED) is 0.710. The van der Waals surface area contributed by atoms with E-state index in [0.29, 0.717) is 0 Å². The molecule has 1 saturated carbocycles. The fraction of sp³-hybridized carbons (Fsp3) is 0.800. The van der Waals surface area contributed by atoms with Crippen LogP contribution >= 0.6 is 0 Å². The summed E-state index contributed by atoms with van der Waals surface area (Å²) >= 11 is 0. The lowest BCUT2D eigenvalue weighted by molar-refractivity contribution is -0.217. The number of carboxylic acid groups (broad SMARTS) is 2. The van der Waals surface area contributed by atoms with Crippen molar-refractivity contribution in [2.75, 3.05) is 0 Å². The molecular weight excluding hydrogens is 184 g/mol. The molecule has 1 rings (SSSR count). The van der Waals surface area contributed by atoms with Gasteiger partial charge in [0.15, 0.2) is 0 Å². The van der Waals surface area contributed by atoms with Gasteiger partial charge in [0.05, 0.1) is 10.8 Å². The molecule has 2 atom stereocenters. The van der Waals surface area contributed by atoms with Crippen molar-refractivity contribution in [3.8, 4) is 0 Å². The van der Waals surface area contributed by atoms with Crippen LogP contribution in [-0.4, -0.2) is 22.2 Å². The average Bonchev–Trinajstić information content (AvgIpc) is 2.03. The van der Waals surface area contributed by atoms with E-state index >= 15 is 0 Å². The number of aliphatic carboxylic acids is 2. The molecule has 1 aliphatic carbocycles. The monoisotopic (exact) mass is 200 g/mol. The minimum atomic E-state index is -0.930. The van der Waals surface area contributed by atoms with Crippen molar-refractivity contribution in [3.05, 3.63) is 0 Å². The van der Waals surface area contributed by atoms with E-state index < -0.39 is 28.2 Å². The molecule has 2 N–H and O–H groups in total. The third kappa shape index (κ3) is 0.885. The van der Waals surface area contributed by atoms with Crippen LogP contribution in [0.3, 0.4) is 0 Å². The summed E-state index contributed by atoms with van der Waals surface area (Å²) in [6.07, 6.45) is 0.192. The summed E-state index contributed by atoms with van der Waals surface area (Å²) in [7, 11) is 0. The summed E-state index contributed by atoms with van der Waals surface area (Å²) in [6, 6.07) is 0. The number of carbonyl (C=O) groups is 2.